The van der Waals surface area contributed by atoms with E-state index < -0.39 is 48.9 Å². The molecular formula is C22H28N6O6. The largest absolute Gasteiger partial charge is 0.394 e. The van der Waals surface area contributed by atoms with Crippen molar-refractivity contribution in [2.24, 2.45) is 0 Å². The Hall–Kier alpha value is -3.90. The van der Waals surface area contributed by atoms with Crippen LogP contribution in [0.25, 0.3) is 0 Å². The Morgan fingerprint density at radius 1 is 0.706 bits per heavy atom. The highest BCUT2D eigenvalue weighted by molar-refractivity contribution is 5.96. The Kier molecular flexibility index (Phi) is 11.1. The molecule has 0 aliphatic rings. The molecule has 0 radical (unpaired) electrons. The molecule has 2 aromatic rings. The quantitative estimate of drug-likeness (QED) is 0.188. The maximum absolute atomic E-state index is 12.2. The number of hydrogen-bond donors (Lipinski definition) is 6. The van der Waals surface area contributed by atoms with Gasteiger partial charge in [0.15, 0.2) is 0 Å². The zero-order chi connectivity index (χ0) is 24.8. The van der Waals surface area contributed by atoms with Gasteiger partial charge in [-0.05, 0) is 37.1 Å². The molecule has 0 aromatic carbocycles. The summed E-state index contributed by atoms with van der Waals surface area (Å²) in [5, 5.41) is 28.9. The summed E-state index contributed by atoms with van der Waals surface area (Å²) in [5.41, 5.74) is 0.254. The number of amides is 4. The van der Waals surface area contributed by atoms with Crippen molar-refractivity contribution in [3.8, 4) is 0 Å². The van der Waals surface area contributed by atoms with Crippen molar-refractivity contribution in [3.05, 3.63) is 60.2 Å². The van der Waals surface area contributed by atoms with E-state index in [9.17, 15) is 29.4 Å². The molecule has 0 saturated heterocycles. The normalized spacial score (nSPS) is 12.2. The lowest BCUT2D eigenvalue weighted by Gasteiger charge is -2.17. The maximum Gasteiger partial charge on any atom is 0.270 e. The highest BCUT2D eigenvalue weighted by Gasteiger charge is 2.22. The van der Waals surface area contributed by atoms with Crippen LogP contribution in [-0.4, -0.2) is 82.2 Å². The Bertz CT molecular complexity index is 866. The van der Waals surface area contributed by atoms with Crippen molar-refractivity contribution in [3.63, 3.8) is 0 Å². The average Bonchev–Trinajstić information content (AvgIpc) is 2.88. The van der Waals surface area contributed by atoms with Crippen LogP contribution in [0.2, 0.25) is 0 Å². The molecule has 2 aromatic heterocycles. The zero-order valence-electron chi connectivity index (χ0n) is 18.4. The molecule has 0 aliphatic carbocycles. The van der Waals surface area contributed by atoms with Crippen LogP contribution >= 0.6 is 0 Å². The number of unbranched alkanes of at least 4 members (excludes halogenated alkanes) is 1. The van der Waals surface area contributed by atoms with Crippen LogP contribution in [0, 0.1) is 0 Å². The summed E-state index contributed by atoms with van der Waals surface area (Å²) in [7, 11) is 0. The lowest BCUT2D eigenvalue weighted by atomic mass is 10.2. The van der Waals surface area contributed by atoms with E-state index >= 15 is 0 Å². The Morgan fingerprint density at radius 3 is 1.44 bits per heavy atom. The number of aliphatic hydroxyl groups excluding tert-OH is 2. The third-order valence-electron chi connectivity index (χ3n) is 4.61. The average molecular weight is 473 g/mol. The molecule has 4 amide bonds. The zero-order valence-corrected chi connectivity index (χ0v) is 18.4. The third kappa shape index (κ3) is 8.56. The number of rotatable bonds is 13. The van der Waals surface area contributed by atoms with Gasteiger partial charge in [0.2, 0.25) is 11.8 Å². The molecule has 34 heavy (non-hydrogen) atoms. The molecule has 0 unspecified atom stereocenters. The summed E-state index contributed by atoms with van der Waals surface area (Å²) >= 11 is 0. The van der Waals surface area contributed by atoms with Gasteiger partial charge in [0, 0.05) is 25.5 Å². The minimum Gasteiger partial charge on any atom is -0.394 e. The van der Waals surface area contributed by atoms with Gasteiger partial charge < -0.3 is 31.5 Å². The summed E-state index contributed by atoms with van der Waals surface area (Å²) < 4.78 is 0. The van der Waals surface area contributed by atoms with Crippen LogP contribution in [0.3, 0.4) is 0 Å². The smallest absolute Gasteiger partial charge is 0.270 e. The lowest BCUT2D eigenvalue weighted by Crippen LogP contribution is -2.49. The Morgan fingerprint density at radius 2 is 1.12 bits per heavy atom. The predicted molar refractivity (Wildman–Crippen MR) is 120 cm³/mol. The molecule has 0 aliphatic heterocycles. The van der Waals surface area contributed by atoms with Gasteiger partial charge in [0.05, 0.1) is 13.2 Å². The van der Waals surface area contributed by atoms with E-state index in [4.69, 9.17) is 0 Å². The number of carbonyl (C=O) groups excluding carboxylic acids is 4. The number of hydrogen-bond acceptors (Lipinski definition) is 8. The second kappa shape index (κ2) is 14.3. The number of nitrogens with one attached hydrogen (secondary N) is 4. The standard InChI is InChI=1S/C22H28N6O6/c29-13-17(27-21(33)15-7-1-3-9-23-15)19(31)25-11-5-6-12-26-20(32)18(14-30)28-22(34)16-8-2-4-10-24-16/h1-4,7-10,17-18,29-30H,5-6,11-14H2,(H,25,31)(H,26,32)(H,27,33)(H,28,34)/t17-,18-/m0/s1. The first kappa shape index (κ1) is 26.4. The fourth-order valence-corrected chi connectivity index (χ4v) is 2.77. The Balaban J connectivity index is 1.65. The fourth-order valence-electron chi connectivity index (χ4n) is 2.77. The molecule has 0 saturated carbocycles. The first-order valence-corrected chi connectivity index (χ1v) is 10.7. The van der Waals surface area contributed by atoms with Crippen molar-refractivity contribution in [2.75, 3.05) is 26.3 Å². The van der Waals surface area contributed by atoms with Gasteiger partial charge in [-0.15, -0.1) is 0 Å². The van der Waals surface area contributed by atoms with E-state index in [-0.39, 0.29) is 24.5 Å². The van der Waals surface area contributed by atoms with Gasteiger partial charge in [0.25, 0.3) is 11.8 Å². The molecule has 0 fully saturated rings. The van der Waals surface area contributed by atoms with Crippen LogP contribution in [0.4, 0.5) is 0 Å². The summed E-state index contributed by atoms with van der Waals surface area (Å²) in [6.45, 7) is -0.643. The van der Waals surface area contributed by atoms with E-state index in [1.165, 1.54) is 24.5 Å². The highest BCUT2D eigenvalue weighted by Crippen LogP contribution is 1.97. The summed E-state index contributed by atoms with van der Waals surface area (Å²) in [5.74, 6) is -2.25. The number of aliphatic hydroxyl groups is 2. The summed E-state index contributed by atoms with van der Waals surface area (Å²) in [4.78, 5) is 56.3. The number of carbonyl (C=O) groups is 4. The van der Waals surface area contributed by atoms with Gasteiger partial charge in [-0.3, -0.25) is 29.1 Å². The van der Waals surface area contributed by atoms with E-state index in [1.807, 2.05) is 0 Å². The van der Waals surface area contributed by atoms with Crippen molar-refractivity contribution in [2.45, 2.75) is 24.9 Å². The van der Waals surface area contributed by atoms with Crippen LogP contribution in [0.15, 0.2) is 48.8 Å². The van der Waals surface area contributed by atoms with Gasteiger partial charge in [-0.2, -0.15) is 0 Å². The summed E-state index contributed by atoms with van der Waals surface area (Å²) in [6.07, 6.45) is 3.89. The monoisotopic (exact) mass is 472 g/mol. The van der Waals surface area contributed by atoms with Crippen LogP contribution in [0.5, 0.6) is 0 Å². The molecular weight excluding hydrogens is 444 g/mol. The van der Waals surface area contributed by atoms with E-state index in [0.29, 0.717) is 12.8 Å². The topological polar surface area (TPSA) is 183 Å². The van der Waals surface area contributed by atoms with E-state index in [1.54, 1.807) is 24.3 Å². The highest BCUT2D eigenvalue weighted by atomic mass is 16.3. The molecule has 182 valence electrons. The minimum absolute atomic E-state index is 0.127. The molecule has 2 atom stereocenters. The molecule has 2 heterocycles. The molecule has 12 nitrogen and oxygen atoms in total. The fraction of sp³-hybridized carbons (Fsp3) is 0.364. The predicted octanol–water partition coefficient (Wildman–Crippen LogP) is -1.63. The van der Waals surface area contributed by atoms with Crippen molar-refractivity contribution in [1.29, 1.82) is 0 Å². The van der Waals surface area contributed by atoms with E-state index in [0.717, 1.165) is 0 Å². The number of pyridine rings is 2. The van der Waals surface area contributed by atoms with Crippen molar-refractivity contribution >= 4 is 23.6 Å². The van der Waals surface area contributed by atoms with Gasteiger partial charge in [-0.25, -0.2) is 0 Å². The molecule has 0 spiro atoms. The van der Waals surface area contributed by atoms with Crippen LogP contribution < -0.4 is 21.3 Å². The molecule has 6 N–H and O–H groups in total. The second-order valence-corrected chi connectivity index (χ2v) is 7.14. The second-order valence-electron chi connectivity index (χ2n) is 7.14. The molecule has 2 rings (SSSR count). The first-order chi connectivity index (χ1) is 16.5. The van der Waals surface area contributed by atoms with Crippen LogP contribution in [-0.2, 0) is 9.59 Å². The van der Waals surface area contributed by atoms with Gasteiger partial charge in [0.1, 0.15) is 23.5 Å². The van der Waals surface area contributed by atoms with Crippen molar-refractivity contribution in [1.82, 2.24) is 31.2 Å². The first-order valence-electron chi connectivity index (χ1n) is 10.7. The Labute approximate surface area is 196 Å². The van der Waals surface area contributed by atoms with E-state index in [2.05, 4.69) is 31.2 Å². The number of aromatic nitrogens is 2. The van der Waals surface area contributed by atoms with Crippen molar-refractivity contribution < 1.29 is 29.4 Å². The molecule has 12 heteroatoms. The number of nitrogens with zero attached hydrogens (tertiary/aromatic N) is 2. The van der Waals surface area contributed by atoms with Crippen LogP contribution in [0.1, 0.15) is 33.8 Å². The third-order valence-corrected chi connectivity index (χ3v) is 4.61. The SMILES string of the molecule is O=C(N[C@@H](CO)C(=O)NCCCCNC(=O)[C@H](CO)NC(=O)c1ccccn1)c1ccccn1. The van der Waals surface area contributed by atoms with Gasteiger partial charge >= 0.3 is 0 Å². The summed E-state index contributed by atoms with van der Waals surface area (Å²) in [6, 6.07) is 7.29. The van der Waals surface area contributed by atoms with Gasteiger partial charge in [-0.1, -0.05) is 12.1 Å². The maximum atomic E-state index is 12.2. The molecule has 0 bridgehead atoms. The lowest BCUT2D eigenvalue weighted by molar-refractivity contribution is -0.124. The minimum atomic E-state index is -1.12.